The molecule has 0 bridgehead atoms. The van der Waals surface area contributed by atoms with Crippen molar-refractivity contribution in [3.8, 4) is 0 Å². The molecule has 0 spiro atoms. The van der Waals surface area contributed by atoms with Gasteiger partial charge in [0.15, 0.2) is 0 Å². The fourth-order valence-corrected chi connectivity index (χ4v) is 3.07. The van der Waals surface area contributed by atoms with Crippen LogP contribution >= 0.6 is 0 Å². The molecular weight excluding hydrogens is 224 g/mol. The van der Waals surface area contributed by atoms with Crippen molar-refractivity contribution in [2.24, 2.45) is 5.92 Å². The lowest BCUT2D eigenvalue weighted by Gasteiger charge is -2.20. The first-order valence-electron chi connectivity index (χ1n) is 7.45. The van der Waals surface area contributed by atoms with Crippen molar-refractivity contribution in [3.05, 3.63) is 11.9 Å². The minimum Gasteiger partial charge on any atom is -0.316 e. The Hall–Kier alpha value is -0.900. The van der Waals surface area contributed by atoms with Gasteiger partial charge in [-0.1, -0.05) is 25.5 Å². The normalized spacial score (nSPS) is 23.7. The van der Waals surface area contributed by atoms with Gasteiger partial charge in [-0.3, -0.25) is 0 Å². The van der Waals surface area contributed by atoms with Crippen LogP contribution in [-0.2, 0) is 6.54 Å². The molecule has 0 radical (unpaired) electrons. The Balaban J connectivity index is 1.99. The van der Waals surface area contributed by atoms with Crippen molar-refractivity contribution >= 4 is 0 Å². The minimum atomic E-state index is 0.663. The number of hydrogen-bond donors (Lipinski definition) is 1. The molecule has 1 aliphatic carbocycles. The highest BCUT2D eigenvalue weighted by atomic mass is 15.4. The van der Waals surface area contributed by atoms with Crippen LogP contribution in [0.1, 0.15) is 57.6 Å². The second kappa shape index (κ2) is 6.88. The summed E-state index contributed by atoms with van der Waals surface area (Å²) < 4.78 is 2.11. The molecule has 0 saturated heterocycles. The molecule has 18 heavy (non-hydrogen) atoms. The highest BCUT2D eigenvalue weighted by Crippen LogP contribution is 2.38. The second-order valence-electron chi connectivity index (χ2n) is 5.38. The number of nitrogens with one attached hydrogen (secondary N) is 1. The van der Waals surface area contributed by atoms with Crippen LogP contribution in [0, 0.1) is 5.92 Å². The van der Waals surface area contributed by atoms with Crippen LogP contribution in [0.5, 0.6) is 0 Å². The minimum absolute atomic E-state index is 0.663. The fourth-order valence-electron chi connectivity index (χ4n) is 3.07. The van der Waals surface area contributed by atoms with E-state index in [9.17, 15) is 0 Å². The van der Waals surface area contributed by atoms with Gasteiger partial charge in [-0.25, -0.2) is 4.68 Å². The van der Waals surface area contributed by atoms with E-state index in [0.717, 1.165) is 32.0 Å². The number of aryl methyl sites for hydroxylation is 1. The van der Waals surface area contributed by atoms with Gasteiger partial charge in [0.2, 0.25) is 0 Å². The average Bonchev–Trinajstić information content (AvgIpc) is 2.98. The van der Waals surface area contributed by atoms with E-state index in [0.29, 0.717) is 5.92 Å². The van der Waals surface area contributed by atoms with Crippen LogP contribution in [-0.4, -0.2) is 28.1 Å². The molecular formula is C14H26N4. The Morgan fingerprint density at radius 1 is 1.33 bits per heavy atom. The van der Waals surface area contributed by atoms with Gasteiger partial charge in [0.1, 0.15) is 0 Å². The third-order valence-corrected chi connectivity index (χ3v) is 3.96. The lowest BCUT2D eigenvalue weighted by Crippen LogP contribution is -2.26. The summed E-state index contributed by atoms with van der Waals surface area (Å²) in [7, 11) is 0. The first-order chi connectivity index (χ1) is 8.86. The lowest BCUT2D eigenvalue weighted by molar-refractivity contribution is 0.417. The maximum atomic E-state index is 4.23. The highest BCUT2D eigenvalue weighted by molar-refractivity contribution is 5.08. The molecule has 0 amide bonds. The van der Waals surface area contributed by atoms with Gasteiger partial charge in [-0.05, 0) is 44.7 Å². The van der Waals surface area contributed by atoms with Crippen LogP contribution in [0.2, 0.25) is 0 Å². The van der Waals surface area contributed by atoms with Crippen LogP contribution in [0.25, 0.3) is 0 Å². The molecule has 4 heteroatoms. The summed E-state index contributed by atoms with van der Waals surface area (Å²) in [6, 6.07) is 0. The summed E-state index contributed by atoms with van der Waals surface area (Å²) >= 11 is 0. The fraction of sp³-hybridized carbons (Fsp3) is 0.857. The maximum absolute atomic E-state index is 4.23. The topological polar surface area (TPSA) is 42.7 Å². The number of nitrogens with zero attached hydrogens (tertiary/aromatic N) is 3. The number of rotatable bonds is 7. The van der Waals surface area contributed by atoms with Crippen molar-refractivity contribution in [1.29, 1.82) is 0 Å². The zero-order valence-electron chi connectivity index (χ0n) is 11.7. The van der Waals surface area contributed by atoms with E-state index >= 15 is 0 Å². The van der Waals surface area contributed by atoms with E-state index in [1.54, 1.807) is 0 Å². The van der Waals surface area contributed by atoms with E-state index in [2.05, 4.69) is 34.2 Å². The average molecular weight is 250 g/mol. The molecule has 1 aromatic rings. The highest BCUT2D eigenvalue weighted by Gasteiger charge is 2.30. The largest absolute Gasteiger partial charge is 0.316 e. The first-order valence-corrected chi connectivity index (χ1v) is 7.45. The Morgan fingerprint density at radius 3 is 3.00 bits per heavy atom. The Kier molecular flexibility index (Phi) is 5.17. The molecule has 0 aromatic carbocycles. The summed E-state index contributed by atoms with van der Waals surface area (Å²) in [6.45, 7) is 7.70. The van der Waals surface area contributed by atoms with E-state index in [4.69, 9.17) is 0 Å². The van der Waals surface area contributed by atoms with Crippen molar-refractivity contribution < 1.29 is 0 Å². The second-order valence-corrected chi connectivity index (χ2v) is 5.38. The van der Waals surface area contributed by atoms with E-state index < -0.39 is 0 Å². The molecule has 1 aromatic heterocycles. The molecule has 1 N–H and O–H groups in total. The standard InChI is InChI=1S/C14H26N4/c1-3-8-15-10-12-6-5-7-13(12)14-11-16-17-18(14)9-4-2/h11-13,15H,3-10H2,1-2H3. The smallest absolute Gasteiger partial charge is 0.0728 e. The van der Waals surface area contributed by atoms with Gasteiger partial charge < -0.3 is 5.32 Å². The van der Waals surface area contributed by atoms with Crippen LogP contribution in [0.3, 0.4) is 0 Å². The molecule has 0 aliphatic heterocycles. The zero-order valence-corrected chi connectivity index (χ0v) is 11.7. The summed E-state index contributed by atoms with van der Waals surface area (Å²) in [5, 5.41) is 11.9. The first kappa shape index (κ1) is 13.5. The Labute approximate surface area is 110 Å². The summed E-state index contributed by atoms with van der Waals surface area (Å²) in [5.41, 5.74) is 1.36. The zero-order chi connectivity index (χ0) is 12.8. The number of aromatic nitrogens is 3. The number of hydrogen-bond acceptors (Lipinski definition) is 3. The monoisotopic (exact) mass is 250 g/mol. The van der Waals surface area contributed by atoms with Gasteiger partial charge in [-0.2, -0.15) is 0 Å². The van der Waals surface area contributed by atoms with Crippen molar-refractivity contribution in [2.75, 3.05) is 13.1 Å². The molecule has 2 unspecified atom stereocenters. The summed E-state index contributed by atoms with van der Waals surface area (Å²) in [6.07, 6.45) is 8.32. The molecule has 1 aliphatic rings. The van der Waals surface area contributed by atoms with Gasteiger partial charge in [-0.15, -0.1) is 5.10 Å². The van der Waals surface area contributed by atoms with Gasteiger partial charge in [0.25, 0.3) is 0 Å². The quantitative estimate of drug-likeness (QED) is 0.756. The predicted octanol–water partition coefficient (Wildman–Crippen LogP) is 2.57. The summed E-state index contributed by atoms with van der Waals surface area (Å²) in [5.74, 6) is 1.43. The van der Waals surface area contributed by atoms with E-state index in [-0.39, 0.29) is 0 Å². The molecule has 2 rings (SSSR count). The molecule has 2 atom stereocenters. The van der Waals surface area contributed by atoms with Gasteiger partial charge in [0, 0.05) is 12.5 Å². The molecule has 4 nitrogen and oxygen atoms in total. The maximum Gasteiger partial charge on any atom is 0.0728 e. The third kappa shape index (κ3) is 3.10. The van der Waals surface area contributed by atoms with Crippen LogP contribution < -0.4 is 5.32 Å². The molecule has 1 fully saturated rings. The molecule has 102 valence electrons. The van der Waals surface area contributed by atoms with Crippen molar-refractivity contribution in [2.45, 2.75) is 58.4 Å². The molecule has 1 saturated carbocycles. The lowest BCUT2D eigenvalue weighted by atomic mass is 9.93. The Morgan fingerprint density at radius 2 is 2.22 bits per heavy atom. The van der Waals surface area contributed by atoms with E-state index in [1.807, 2.05) is 6.20 Å². The van der Waals surface area contributed by atoms with Crippen LogP contribution in [0.15, 0.2) is 6.20 Å². The van der Waals surface area contributed by atoms with Crippen molar-refractivity contribution in [1.82, 2.24) is 20.3 Å². The van der Waals surface area contributed by atoms with Crippen LogP contribution in [0.4, 0.5) is 0 Å². The van der Waals surface area contributed by atoms with Gasteiger partial charge >= 0.3 is 0 Å². The SMILES string of the molecule is CCCNCC1CCCC1c1cnnn1CCC. The van der Waals surface area contributed by atoms with E-state index in [1.165, 1.54) is 31.4 Å². The Bertz CT molecular complexity index is 347. The van der Waals surface area contributed by atoms with Gasteiger partial charge in [0.05, 0.1) is 11.9 Å². The summed E-state index contributed by atoms with van der Waals surface area (Å²) in [4.78, 5) is 0. The molecule has 1 heterocycles. The third-order valence-electron chi connectivity index (χ3n) is 3.96. The van der Waals surface area contributed by atoms with Crippen molar-refractivity contribution in [3.63, 3.8) is 0 Å². The predicted molar refractivity (Wildman–Crippen MR) is 73.6 cm³/mol.